The van der Waals surface area contributed by atoms with Crippen LogP contribution in [-0.2, 0) is 0 Å². The number of hydrogen-bond donors (Lipinski definition) is 2. The number of nitrogens with one attached hydrogen (secondary N) is 1. The van der Waals surface area contributed by atoms with Gasteiger partial charge in [0.25, 0.3) is 5.91 Å². The molecular formula is C16H9Cl2FN2O3. The summed E-state index contributed by atoms with van der Waals surface area (Å²) in [4.78, 5) is 12.2. The van der Waals surface area contributed by atoms with Crippen molar-refractivity contribution in [2.24, 2.45) is 0 Å². The minimum atomic E-state index is -0.758. The molecule has 0 saturated heterocycles. The number of rotatable bonds is 3. The van der Waals surface area contributed by atoms with E-state index in [0.29, 0.717) is 16.3 Å². The lowest BCUT2D eigenvalue weighted by Gasteiger charge is -2.05. The highest BCUT2D eigenvalue weighted by Crippen LogP contribution is 2.30. The highest BCUT2D eigenvalue weighted by atomic mass is 35.5. The van der Waals surface area contributed by atoms with Crippen molar-refractivity contribution in [3.8, 4) is 17.1 Å². The van der Waals surface area contributed by atoms with E-state index >= 15 is 0 Å². The monoisotopic (exact) mass is 366 g/mol. The van der Waals surface area contributed by atoms with Crippen LogP contribution in [0.15, 0.2) is 47.0 Å². The number of phenols is 1. The van der Waals surface area contributed by atoms with Crippen molar-refractivity contribution in [2.45, 2.75) is 0 Å². The first-order valence-electron chi connectivity index (χ1n) is 6.66. The molecule has 0 saturated carbocycles. The lowest BCUT2D eigenvalue weighted by Crippen LogP contribution is -2.12. The zero-order chi connectivity index (χ0) is 17.3. The molecule has 0 bridgehead atoms. The van der Waals surface area contributed by atoms with Gasteiger partial charge in [-0.05, 0) is 30.3 Å². The fourth-order valence-electron chi connectivity index (χ4n) is 1.97. The molecule has 1 heterocycles. The minimum Gasteiger partial charge on any atom is -0.505 e. The second-order valence-electron chi connectivity index (χ2n) is 4.80. The zero-order valence-corrected chi connectivity index (χ0v) is 13.4. The number of carbonyl (C=O) groups is 1. The van der Waals surface area contributed by atoms with Crippen molar-refractivity contribution in [3.63, 3.8) is 0 Å². The van der Waals surface area contributed by atoms with Crippen molar-refractivity contribution >= 4 is 34.8 Å². The SMILES string of the molecule is O=C(Nc1cccc(Cl)c1Cl)c1cc(-c2ccc(F)c(O)c2)on1. The molecular weight excluding hydrogens is 358 g/mol. The van der Waals surface area contributed by atoms with E-state index in [2.05, 4.69) is 10.5 Å². The second-order valence-corrected chi connectivity index (χ2v) is 5.58. The first kappa shape index (κ1) is 16.3. The van der Waals surface area contributed by atoms with E-state index in [1.54, 1.807) is 18.2 Å². The molecule has 3 rings (SSSR count). The number of aromatic nitrogens is 1. The molecule has 0 spiro atoms. The number of anilines is 1. The standard InChI is InChI=1S/C16H9Cl2FN2O3/c17-9-2-1-3-11(15(9)18)20-16(23)12-7-14(24-21-12)8-4-5-10(19)13(22)6-8/h1-7,22H,(H,20,23). The highest BCUT2D eigenvalue weighted by molar-refractivity contribution is 6.44. The molecule has 0 radical (unpaired) electrons. The van der Waals surface area contributed by atoms with Crippen molar-refractivity contribution in [1.82, 2.24) is 5.16 Å². The molecule has 0 aliphatic carbocycles. The lowest BCUT2D eigenvalue weighted by molar-refractivity contribution is 0.101. The number of nitrogens with zero attached hydrogens (tertiary/aromatic N) is 1. The quantitative estimate of drug-likeness (QED) is 0.701. The van der Waals surface area contributed by atoms with Crippen LogP contribution in [0.2, 0.25) is 10.0 Å². The van der Waals surface area contributed by atoms with Crippen LogP contribution < -0.4 is 5.32 Å². The van der Waals surface area contributed by atoms with Crippen LogP contribution in [0.1, 0.15) is 10.5 Å². The van der Waals surface area contributed by atoms with Crippen molar-refractivity contribution in [3.05, 3.63) is 64.0 Å². The molecule has 3 aromatic rings. The summed E-state index contributed by atoms with van der Waals surface area (Å²) >= 11 is 11.9. The number of benzene rings is 2. The summed E-state index contributed by atoms with van der Waals surface area (Å²) in [6.07, 6.45) is 0. The van der Waals surface area contributed by atoms with E-state index in [-0.39, 0.29) is 16.5 Å². The summed E-state index contributed by atoms with van der Waals surface area (Å²) in [7, 11) is 0. The Morgan fingerprint density at radius 2 is 2.00 bits per heavy atom. The molecule has 0 aliphatic heterocycles. The first-order chi connectivity index (χ1) is 11.5. The van der Waals surface area contributed by atoms with Gasteiger partial charge in [-0.15, -0.1) is 0 Å². The van der Waals surface area contributed by atoms with Gasteiger partial charge in [-0.3, -0.25) is 4.79 Å². The third-order valence-electron chi connectivity index (χ3n) is 3.17. The van der Waals surface area contributed by atoms with Gasteiger partial charge in [0.1, 0.15) is 0 Å². The van der Waals surface area contributed by atoms with Crippen LogP contribution in [0.4, 0.5) is 10.1 Å². The molecule has 0 fully saturated rings. The molecule has 2 aromatic carbocycles. The van der Waals surface area contributed by atoms with Crippen LogP contribution in [0.25, 0.3) is 11.3 Å². The average Bonchev–Trinajstić information content (AvgIpc) is 3.04. The molecule has 5 nitrogen and oxygen atoms in total. The van der Waals surface area contributed by atoms with Gasteiger partial charge in [-0.2, -0.15) is 0 Å². The summed E-state index contributed by atoms with van der Waals surface area (Å²) in [6.45, 7) is 0. The van der Waals surface area contributed by atoms with Gasteiger partial charge in [-0.1, -0.05) is 34.4 Å². The van der Waals surface area contributed by atoms with Gasteiger partial charge in [0, 0.05) is 11.6 Å². The molecule has 1 aromatic heterocycles. The Bertz CT molecular complexity index is 927. The largest absolute Gasteiger partial charge is 0.505 e. The predicted molar refractivity (Wildman–Crippen MR) is 88.0 cm³/mol. The van der Waals surface area contributed by atoms with Gasteiger partial charge < -0.3 is 14.9 Å². The fraction of sp³-hybridized carbons (Fsp3) is 0. The Hall–Kier alpha value is -2.57. The van der Waals surface area contributed by atoms with Gasteiger partial charge >= 0.3 is 0 Å². The number of halogens is 3. The van der Waals surface area contributed by atoms with Gasteiger partial charge in [-0.25, -0.2) is 4.39 Å². The summed E-state index contributed by atoms with van der Waals surface area (Å²) in [6, 6.07) is 9.83. The summed E-state index contributed by atoms with van der Waals surface area (Å²) in [5.41, 5.74) is 0.698. The summed E-state index contributed by atoms with van der Waals surface area (Å²) in [5, 5.41) is 16.1. The van der Waals surface area contributed by atoms with E-state index < -0.39 is 17.5 Å². The Labute approximate surface area is 145 Å². The normalized spacial score (nSPS) is 10.6. The van der Waals surface area contributed by atoms with E-state index in [1.807, 2.05) is 0 Å². The Morgan fingerprint density at radius 1 is 1.21 bits per heavy atom. The maximum absolute atomic E-state index is 13.1. The summed E-state index contributed by atoms with van der Waals surface area (Å²) < 4.78 is 18.1. The maximum Gasteiger partial charge on any atom is 0.277 e. The number of aromatic hydroxyl groups is 1. The zero-order valence-electron chi connectivity index (χ0n) is 11.9. The smallest absolute Gasteiger partial charge is 0.277 e. The molecule has 0 unspecified atom stereocenters. The number of amides is 1. The van der Waals surface area contributed by atoms with Gasteiger partial charge in [0.05, 0.1) is 15.7 Å². The molecule has 0 aliphatic rings. The van der Waals surface area contributed by atoms with Crippen molar-refractivity contribution in [2.75, 3.05) is 5.32 Å². The lowest BCUT2D eigenvalue weighted by atomic mass is 10.1. The van der Waals surface area contributed by atoms with Crippen LogP contribution in [-0.4, -0.2) is 16.2 Å². The Kier molecular flexibility index (Phi) is 4.42. The van der Waals surface area contributed by atoms with Gasteiger partial charge in [0.15, 0.2) is 23.0 Å². The molecule has 2 N–H and O–H groups in total. The molecule has 0 atom stereocenters. The minimum absolute atomic E-state index is 0.00939. The predicted octanol–water partition coefficient (Wildman–Crippen LogP) is 4.75. The van der Waals surface area contributed by atoms with E-state index in [0.717, 1.165) is 6.07 Å². The molecule has 1 amide bonds. The summed E-state index contributed by atoms with van der Waals surface area (Å²) in [5.74, 6) is -1.64. The van der Waals surface area contributed by atoms with E-state index in [1.165, 1.54) is 18.2 Å². The van der Waals surface area contributed by atoms with Crippen LogP contribution >= 0.6 is 23.2 Å². The van der Waals surface area contributed by atoms with Crippen LogP contribution in [0, 0.1) is 5.82 Å². The van der Waals surface area contributed by atoms with Crippen LogP contribution in [0.3, 0.4) is 0 Å². The average molecular weight is 367 g/mol. The van der Waals surface area contributed by atoms with E-state index in [4.69, 9.17) is 27.7 Å². The maximum atomic E-state index is 13.1. The number of hydrogen-bond acceptors (Lipinski definition) is 4. The van der Waals surface area contributed by atoms with Crippen molar-refractivity contribution in [1.29, 1.82) is 0 Å². The molecule has 8 heteroatoms. The van der Waals surface area contributed by atoms with E-state index in [9.17, 15) is 14.3 Å². The Morgan fingerprint density at radius 3 is 2.75 bits per heavy atom. The topological polar surface area (TPSA) is 75.4 Å². The first-order valence-corrected chi connectivity index (χ1v) is 7.42. The third-order valence-corrected chi connectivity index (χ3v) is 3.99. The second kappa shape index (κ2) is 6.51. The third kappa shape index (κ3) is 3.20. The van der Waals surface area contributed by atoms with Gasteiger partial charge in [0.2, 0.25) is 0 Å². The number of phenolic OH excluding ortho intramolecular Hbond substituents is 1. The van der Waals surface area contributed by atoms with Crippen LogP contribution in [0.5, 0.6) is 5.75 Å². The highest BCUT2D eigenvalue weighted by Gasteiger charge is 2.16. The number of carbonyl (C=O) groups excluding carboxylic acids is 1. The Balaban J connectivity index is 1.83. The van der Waals surface area contributed by atoms with Crippen molar-refractivity contribution < 1.29 is 18.8 Å². The molecule has 122 valence electrons. The molecule has 24 heavy (non-hydrogen) atoms. The fourth-order valence-corrected chi connectivity index (χ4v) is 2.32.